The zero-order valence-corrected chi connectivity index (χ0v) is 14.8. The first kappa shape index (κ1) is 17.9. The van der Waals surface area contributed by atoms with Crippen molar-refractivity contribution >= 4 is 6.09 Å². The van der Waals surface area contributed by atoms with Gasteiger partial charge in [-0.2, -0.15) is 0 Å². The lowest BCUT2D eigenvalue weighted by Crippen LogP contribution is -2.50. The molecule has 1 fully saturated rings. The molecule has 5 nitrogen and oxygen atoms in total. The van der Waals surface area contributed by atoms with Crippen LogP contribution in [0.1, 0.15) is 65.2 Å². The molecule has 0 aromatic carbocycles. The fraction of sp³-hybridized carbons (Fsp3) is 0.722. The monoisotopic (exact) mass is 322 g/mol. The van der Waals surface area contributed by atoms with Crippen molar-refractivity contribution < 1.29 is 13.9 Å². The summed E-state index contributed by atoms with van der Waals surface area (Å²) in [6.07, 6.45) is 5.67. The van der Waals surface area contributed by atoms with Crippen molar-refractivity contribution in [2.45, 2.75) is 71.1 Å². The Morgan fingerprint density at radius 2 is 2.26 bits per heavy atom. The maximum Gasteiger partial charge on any atom is 0.410 e. The molecule has 1 amide bonds. The molecule has 0 spiro atoms. The number of carbonyl (C=O) groups excluding carboxylic acids is 1. The van der Waals surface area contributed by atoms with Gasteiger partial charge in [-0.25, -0.2) is 4.79 Å². The van der Waals surface area contributed by atoms with E-state index in [1.54, 1.807) is 6.26 Å². The molecule has 1 aromatic rings. The summed E-state index contributed by atoms with van der Waals surface area (Å²) in [6, 6.07) is 4.27. The van der Waals surface area contributed by atoms with E-state index in [0.717, 1.165) is 44.5 Å². The van der Waals surface area contributed by atoms with Gasteiger partial charge in [0.2, 0.25) is 0 Å². The van der Waals surface area contributed by atoms with Crippen molar-refractivity contribution in [1.29, 1.82) is 0 Å². The normalized spacial score (nSPS) is 20.3. The second-order valence-electron chi connectivity index (χ2n) is 7.21. The van der Waals surface area contributed by atoms with Crippen molar-refractivity contribution in [3.05, 3.63) is 24.2 Å². The van der Waals surface area contributed by atoms with Crippen LogP contribution in [0.15, 0.2) is 22.8 Å². The number of hydrogen-bond donors (Lipinski definition) is 1. The Hall–Kier alpha value is -1.49. The topological polar surface area (TPSA) is 54.7 Å². The van der Waals surface area contributed by atoms with Crippen molar-refractivity contribution in [3.8, 4) is 0 Å². The second kappa shape index (κ2) is 7.86. The van der Waals surface area contributed by atoms with E-state index in [4.69, 9.17) is 9.15 Å². The smallest absolute Gasteiger partial charge is 0.410 e. The maximum absolute atomic E-state index is 12.4. The zero-order valence-electron chi connectivity index (χ0n) is 14.8. The van der Waals surface area contributed by atoms with E-state index >= 15 is 0 Å². The summed E-state index contributed by atoms with van der Waals surface area (Å²) in [5.74, 6) is 0.951. The molecule has 2 unspecified atom stereocenters. The van der Waals surface area contributed by atoms with Gasteiger partial charge in [0.1, 0.15) is 11.4 Å². The van der Waals surface area contributed by atoms with E-state index in [1.807, 2.05) is 37.8 Å². The Labute approximate surface area is 139 Å². The van der Waals surface area contributed by atoms with Crippen molar-refractivity contribution in [2.24, 2.45) is 0 Å². The van der Waals surface area contributed by atoms with Crippen LogP contribution in [0.5, 0.6) is 0 Å². The van der Waals surface area contributed by atoms with Crippen LogP contribution in [-0.2, 0) is 4.74 Å². The Bertz CT molecular complexity index is 479. The molecule has 1 aromatic heterocycles. The van der Waals surface area contributed by atoms with Gasteiger partial charge in [-0.05, 0) is 58.6 Å². The van der Waals surface area contributed by atoms with Gasteiger partial charge in [-0.15, -0.1) is 0 Å². The van der Waals surface area contributed by atoms with E-state index in [-0.39, 0.29) is 18.2 Å². The average molecular weight is 322 g/mol. The van der Waals surface area contributed by atoms with Crippen molar-refractivity contribution in [1.82, 2.24) is 10.2 Å². The quantitative estimate of drug-likeness (QED) is 0.886. The average Bonchev–Trinajstić information content (AvgIpc) is 3.01. The summed E-state index contributed by atoms with van der Waals surface area (Å²) in [7, 11) is 0. The molecule has 2 atom stereocenters. The van der Waals surface area contributed by atoms with Crippen LogP contribution < -0.4 is 5.32 Å². The summed E-state index contributed by atoms with van der Waals surface area (Å²) >= 11 is 0. The van der Waals surface area contributed by atoms with Crippen LogP contribution in [0.25, 0.3) is 0 Å². The molecule has 23 heavy (non-hydrogen) atoms. The highest BCUT2D eigenvalue weighted by Gasteiger charge is 2.30. The van der Waals surface area contributed by atoms with Crippen LogP contribution in [-0.4, -0.2) is 35.7 Å². The van der Waals surface area contributed by atoms with Gasteiger partial charge in [-0.3, -0.25) is 0 Å². The van der Waals surface area contributed by atoms with Crippen LogP contribution in [0.3, 0.4) is 0 Å². The van der Waals surface area contributed by atoms with Crippen molar-refractivity contribution in [3.63, 3.8) is 0 Å². The SMILES string of the molecule is CCC(NCC1CCCCN1C(=O)OC(C)(C)C)c1ccco1. The molecule has 0 saturated carbocycles. The van der Waals surface area contributed by atoms with Crippen LogP contribution >= 0.6 is 0 Å². The predicted octanol–water partition coefficient (Wildman–Crippen LogP) is 4.11. The fourth-order valence-corrected chi connectivity index (χ4v) is 2.99. The first-order chi connectivity index (χ1) is 10.9. The molecule has 1 aliphatic rings. The molecule has 2 heterocycles. The first-order valence-corrected chi connectivity index (χ1v) is 8.67. The number of amides is 1. The fourth-order valence-electron chi connectivity index (χ4n) is 2.99. The minimum absolute atomic E-state index is 0.183. The molecular formula is C18H30N2O3. The molecule has 0 radical (unpaired) electrons. The zero-order chi connectivity index (χ0) is 16.9. The number of ether oxygens (including phenoxy) is 1. The molecular weight excluding hydrogens is 292 g/mol. The molecule has 0 aliphatic carbocycles. The first-order valence-electron chi connectivity index (χ1n) is 8.67. The van der Waals surface area contributed by atoms with Gasteiger partial charge in [0.15, 0.2) is 0 Å². The molecule has 130 valence electrons. The third kappa shape index (κ3) is 5.27. The largest absolute Gasteiger partial charge is 0.468 e. The number of furan rings is 1. The summed E-state index contributed by atoms with van der Waals surface area (Å²) in [5.41, 5.74) is -0.452. The minimum Gasteiger partial charge on any atom is -0.468 e. The van der Waals surface area contributed by atoms with Crippen LogP contribution in [0, 0.1) is 0 Å². The van der Waals surface area contributed by atoms with Crippen LogP contribution in [0.2, 0.25) is 0 Å². The number of rotatable bonds is 5. The standard InChI is InChI=1S/C18H30N2O3/c1-5-15(16-10-8-12-22-16)19-13-14-9-6-7-11-20(14)17(21)23-18(2,3)4/h8,10,12,14-15,19H,5-7,9,11,13H2,1-4H3. The maximum atomic E-state index is 12.4. The van der Waals surface area contributed by atoms with E-state index in [0.29, 0.717) is 0 Å². The molecule has 1 N–H and O–H groups in total. The molecule has 5 heteroatoms. The molecule has 0 bridgehead atoms. The Morgan fingerprint density at radius 3 is 2.87 bits per heavy atom. The van der Waals surface area contributed by atoms with Crippen LogP contribution in [0.4, 0.5) is 4.79 Å². The number of nitrogens with one attached hydrogen (secondary N) is 1. The number of carbonyl (C=O) groups is 1. The lowest BCUT2D eigenvalue weighted by atomic mass is 10.0. The lowest BCUT2D eigenvalue weighted by Gasteiger charge is -2.37. The van der Waals surface area contributed by atoms with Gasteiger partial charge in [-0.1, -0.05) is 6.92 Å². The number of hydrogen-bond acceptors (Lipinski definition) is 4. The van der Waals surface area contributed by atoms with E-state index in [1.165, 1.54) is 0 Å². The van der Waals surface area contributed by atoms with Crippen molar-refractivity contribution in [2.75, 3.05) is 13.1 Å². The lowest BCUT2D eigenvalue weighted by molar-refractivity contribution is 0.00958. The summed E-state index contributed by atoms with van der Waals surface area (Å²) in [5, 5.41) is 3.55. The van der Waals surface area contributed by atoms with Gasteiger partial charge in [0.05, 0.1) is 12.3 Å². The Balaban J connectivity index is 1.94. The summed E-state index contributed by atoms with van der Waals surface area (Å²) in [4.78, 5) is 14.3. The minimum atomic E-state index is -0.452. The third-order valence-electron chi connectivity index (χ3n) is 4.15. The number of piperidine rings is 1. The van der Waals surface area contributed by atoms with Gasteiger partial charge in [0.25, 0.3) is 0 Å². The van der Waals surface area contributed by atoms with E-state index in [9.17, 15) is 4.79 Å². The summed E-state index contributed by atoms with van der Waals surface area (Å²) in [6.45, 7) is 9.40. The van der Waals surface area contributed by atoms with E-state index < -0.39 is 5.60 Å². The van der Waals surface area contributed by atoms with E-state index in [2.05, 4.69) is 12.2 Å². The molecule has 1 aliphatic heterocycles. The Morgan fingerprint density at radius 1 is 1.48 bits per heavy atom. The second-order valence-corrected chi connectivity index (χ2v) is 7.21. The summed E-state index contributed by atoms with van der Waals surface area (Å²) < 4.78 is 11.1. The molecule has 1 saturated heterocycles. The number of nitrogens with zero attached hydrogens (tertiary/aromatic N) is 1. The Kier molecular flexibility index (Phi) is 6.10. The highest BCUT2D eigenvalue weighted by molar-refractivity contribution is 5.68. The van der Waals surface area contributed by atoms with Gasteiger partial charge >= 0.3 is 6.09 Å². The van der Waals surface area contributed by atoms with Gasteiger partial charge < -0.3 is 19.4 Å². The predicted molar refractivity (Wildman–Crippen MR) is 90.3 cm³/mol. The molecule has 2 rings (SSSR count). The third-order valence-corrected chi connectivity index (χ3v) is 4.15. The highest BCUT2D eigenvalue weighted by Crippen LogP contribution is 2.22. The highest BCUT2D eigenvalue weighted by atomic mass is 16.6. The number of likely N-dealkylation sites (tertiary alicyclic amines) is 1. The van der Waals surface area contributed by atoms with Gasteiger partial charge in [0, 0.05) is 19.1 Å².